The van der Waals surface area contributed by atoms with Gasteiger partial charge in [-0.15, -0.1) is 0 Å². The molecule has 0 aliphatic rings. The van der Waals surface area contributed by atoms with Crippen LogP contribution in [0.4, 0.5) is 6.01 Å². The molecule has 0 saturated carbocycles. The van der Waals surface area contributed by atoms with E-state index in [4.69, 9.17) is 9.15 Å². The number of methoxy groups -OCH3 is 1. The molecule has 1 N–H and O–H groups in total. The number of anilines is 1. The standard InChI is InChI=1S/C12H23N3O2/c1-12(2,3)13-8-10-9-17-11(14-10)15(4)6-7-16-5/h9,13H,6-8H2,1-5H3. The molecule has 0 spiro atoms. The first-order valence-corrected chi connectivity index (χ1v) is 5.82. The molecule has 0 unspecified atom stereocenters. The Hall–Kier alpha value is -1.07. The summed E-state index contributed by atoms with van der Waals surface area (Å²) in [5.41, 5.74) is 1.00. The minimum atomic E-state index is 0.0844. The first-order valence-electron chi connectivity index (χ1n) is 5.82. The Morgan fingerprint density at radius 3 is 2.76 bits per heavy atom. The number of hydrogen-bond acceptors (Lipinski definition) is 5. The van der Waals surface area contributed by atoms with Crippen molar-refractivity contribution in [2.75, 3.05) is 32.2 Å². The summed E-state index contributed by atoms with van der Waals surface area (Å²) in [6.07, 6.45) is 1.69. The Kier molecular flexibility index (Phi) is 4.96. The highest BCUT2D eigenvalue weighted by Crippen LogP contribution is 2.12. The molecular formula is C12H23N3O2. The molecule has 5 nitrogen and oxygen atoms in total. The van der Waals surface area contributed by atoms with Crippen LogP contribution >= 0.6 is 0 Å². The van der Waals surface area contributed by atoms with Crippen molar-refractivity contribution in [3.05, 3.63) is 12.0 Å². The number of nitrogens with zero attached hydrogens (tertiary/aromatic N) is 2. The maximum Gasteiger partial charge on any atom is 0.297 e. The molecule has 1 heterocycles. The average molecular weight is 241 g/mol. The summed E-state index contributed by atoms with van der Waals surface area (Å²) in [7, 11) is 3.62. The summed E-state index contributed by atoms with van der Waals surface area (Å²) in [6.45, 7) is 8.51. The van der Waals surface area contributed by atoms with Crippen LogP contribution in [0.1, 0.15) is 26.5 Å². The molecule has 0 saturated heterocycles. The molecular weight excluding hydrogens is 218 g/mol. The molecule has 0 aliphatic heterocycles. The Morgan fingerprint density at radius 2 is 2.18 bits per heavy atom. The number of likely N-dealkylation sites (N-methyl/N-ethyl adjacent to an activating group) is 1. The van der Waals surface area contributed by atoms with E-state index in [0.29, 0.717) is 19.2 Å². The zero-order chi connectivity index (χ0) is 12.9. The third kappa shape index (κ3) is 5.19. The fourth-order valence-corrected chi connectivity index (χ4v) is 1.23. The summed E-state index contributed by atoms with van der Waals surface area (Å²) < 4.78 is 10.4. The van der Waals surface area contributed by atoms with Crippen molar-refractivity contribution in [1.29, 1.82) is 0 Å². The normalized spacial score (nSPS) is 11.8. The maximum atomic E-state index is 5.41. The highest BCUT2D eigenvalue weighted by molar-refractivity contribution is 5.25. The molecule has 17 heavy (non-hydrogen) atoms. The lowest BCUT2D eigenvalue weighted by Gasteiger charge is -2.19. The molecule has 0 amide bonds. The van der Waals surface area contributed by atoms with Crippen LogP contribution in [0.5, 0.6) is 0 Å². The minimum absolute atomic E-state index is 0.0844. The lowest BCUT2D eigenvalue weighted by molar-refractivity contribution is 0.205. The Labute approximate surface area is 103 Å². The van der Waals surface area contributed by atoms with Gasteiger partial charge in [0.25, 0.3) is 6.01 Å². The van der Waals surface area contributed by atoms with Gasteiger partial charge in [-0.25, -0.2) is 0 Å². The zero-order valence-corrected chi connectivity index (χ0v) is 11.4. The summed E-state index contributed by atoms with van der Waals surface area (Å²) >= 11 is 0. The maximum absolute atomic E-state index is 5.41. The fourth-order valence-electron chi connectivity index (χ4n) is 1.23. The summed E-state index contributed by atoms with van der Waals surface area (Å²) in [5.74, 6) is 0. The molecule has 1 rings (SSSR count). The molecule has 0 aliphatic carbocycles. The SMILES string of the molecule is COCCN(C)c1nc(CNC(C)(C)C)co1. The van der Waals surface area contributed by atoms with Gasteiger partial charge >= 0.3 is 0 Å². The van der Waals surface area contributed by atoms with Crippen molar-refractivity contribution in [3.8, 4) is 0 Å². The van der Waals surface area contributed by atoms with Crippen LogP contribution in [-0.2, 0) is 11.3 Å². The predicted molar refractivity (Wildman–Crippen MR) is 68.2 cm³/mol. The molecule has 0 fully saturated rings. The van der Waals surface area contributed by atoms with E-state index in [0.717, 1.165) is 12.2 Å². The van der Waals surface area contributed by atoms with Gasteiger partial charge in [0.1, 0.15) is 6.26 Å². The number of ether oxygens (including phenoxy) is 1. The lowest BCUT2D eigenvalue weighted by Crippen LogP contribution is -2.35. The first-order chi connectivity index (χ1) is 7.92. The predicted octanol–water partition coefficient (Wildman–Crippen LogP) is 1.65. The van der Waals surface area contributed by atoms with Crippen LogP contribution < -0.4 is 10.2 Å². The number of hydrogen-bond donors (Lipinski definition) is 1. The van der Waals surface area contributed by atoms with E-state index >= 15 is 0 Å². The van der Waals surface area contributed by atoms with Crippen molar-refractivity contribution in [3.63, 3.8) is 0 Å². The third-order valence-electron chi connectivity index (χ3n) is 2.30. The van der Waals surface area contributed by atoms with Gasteiger partial charge in [-0.2, -0.15) is 4.98 Å². The van der Waals surface area contributed by atoms with Gasteiger partial charge < -0.3 is 19.4 Å². The van der Waals surface area contributed by atoms with E-state index < -0.39 is 0 Å². The van der Waals surface area contributed by atoms with Crippen LogP contribution in [0.3, 0.4) is 0 Å². The van der Waals surface area contributed by atoms with Gasteiger partial charge in [-0.05, 0) is 20.8 Å². The van der Waals surface area contributed by atoms with E-state index in [1.54, 1.807) is 13.4 Å². The molecule has 5 heteroatoms. The van der Waals surface area contributed by atoms with Crippen molar-refractivity contribution >= 4 is 6.01 Å². The van der Waals surface area contributed by atoms with Crippen LogP contribution in [0.2, 0.25) is 0 Å². The number of rotatable bonds is 6. The summed E-state index contributed by atoms with van der Waals surface area (Å²) in [4.78, 5) is 6.34. The third-order valence-corrected chi connectivity index (χ3v) is 2.30. The van der Waals surface area contributed by atoms with E-state index in [1.807, 2.05) is 11.9 Å². The summed E-state index contributed by atoms with van der Waals surface area (Å²) in [6, 6.07) is 0.632. The topological polar surface area (TPSA) is 50.5 Å². The number of oxazole rings is 1. The Morgan fingerprint density at radius 1 is 1.47 bits per heavy atom. The highest BCUT2D eigenvalue weighted by atomic mass is 16.5. The van der Waals surface area contributed by atoms with E-state index in [1.165, 1.54) is 0 Å². The quantitative estimate of drug-likeness (QED) is 0.820. The number of nitrogens with one attached hydrogen (secondary N) is 1. The number of aromatic nitrogens is 1. The van der Waals surface area contributed by atoms with Crippen LogP contribution in [0, 0.1) is 0 Å². The minimum Gasteiger partial charge on any atom is -0.432 e. The first kappa shape index (κ1) is 14.0. The smallest absolute Gasteiger partial charge is 0.297 e. The Bertz CT molecular complexity index is 331. The largest absolute Gasteiger partial charge is 0.432 e. The molecule has 0 atom stereocenters. The van der Waals surface area contributed by atoms with Gasteiger partial charge in [-0.3, -0.25) is 0 Å². The van der Waals surface area contributed by atoms with Crippen LogP contribution in [-0.4, -0.2) is 37.8 Å². The van der Waals surface area contributed by atoms with Crippen molar-refractivity contribution in [2.45, 2.75) is 32.9 Å². The van der Waals surface area contributed by atoms with Crippen molar-refractivity contribution < 1.29 is 9.15 Å². The molecule has 0 radical (unpaired) electrons. The molecule has 98 valence electrons. The van der Waals surface area contributed by atoms with Crippen LogP contribution in [0.25, 0.3) is 0 Å². The second kappa shape index (κ2) is 6.02. The van der Waals surface area contributed by atoms with Gasteiger partial charge in [0.2, 0.25) is 0 Å². The van der Waals surface area contributed by atoms with Gasteiger partial charge in [-0.1, -0.05) is 0 Å². The Balaban J connectivity index is 2.47. The molecule has 1 aromatic rings. The van der Waals surface area contributed by atoms with E-state index in [2.05, 4.69) is 31.1 Å². The monoisotopic (exact) mass is 241 g/mol. The fraction of sp³-hybridized carbons (Fsp3) is 0.750. The van der Waals surface area contributed by atoms with Gasteiger partial charge in [0.15, 0.2) is 0 Å². The van der Waals surface area contributed by atoms with E-state index in [9.17, 15) is 0 Å². The second-order valence-corrected chi connectivity index (χ2v) is 5.14. The van der Waals surface area contributed by atoms with Crippen molar-refractivity contribution in [2.24, 2.45) is 0 Å². The summed E-state index contributed by atoms with van der Waals surface area (Å²) in [5, 5.41) is 3.37. The second-order valence-electron chi connectivity index (χ2n) is 5.14. The highest BCUT2D eigenvalue weighted by Gasteiger charge is 2.12. The molecule has 0 bridgehead atoms. The van der Waals surface area contributed by atoms with E-state index in [-0.39, 0.29) is 5.54 Å². The molecule has 0 aromatic carbocycles. The van der Waals surface area contributed by atoms with Gasteiger partial charge in [0, 0.05) is 32.8 Å². The lowest BCUT2D eigenvalue weighted by atomic mass is 10.1. The van der Waals surface area contributed by atoms with Crippen molar-refractivity contribution in [1.82, 2.24) is 10.3 Å². The average Bonchev–Trinajstić information content (AvgIpc) is 2.70. The molecule has 1 aromatic heterocycles. The van der Waals surface area contributed by atoms with Gasteiger partial charge in [0.05, 0.1) is 12.3 Å². The van der Waals surface area contributed by atoms with Crippen LogP contribution in [0.15, 0.2) is 10.7 Å². The zero-order valence-electron chi connectivity index (χ0n) is 11.4.